The largest absolute Gasteiger partial charge is 0.458 e. The van der Waals surface area contributed by atoms with Crippen molar-refractivity contribution in [1.82, 2.24) is 20.9 Å². The monoisotopic (exact) mass is 722 g/mol. The number of hydrogen-bond acceptors (Lipinski definition) is 8. The predicted octanol–water partition coefficient (Wildman–Crippen LogP) is 4.64. The molecule has 0 radical (unpaired) electrons. The van der Waals surface area contributed by atoms with Gasteiger partial charge in [-0.05, 0) is 89.0 Å². The second-order valence-electron chi connectivity index (χ2n) is 16.8. The lowest BCUT2D eigenvalue weighted by atomic mass is 9.83. The number of hydrogen-bond donors (Lipinski definition) is 3. The normalized spacial score (nSPS) is 22.2. The second-order valence-corrected chi connectivity index (χ2v) is 16.8. The molecule has 2 saturated carbocycles. The van der Waals surface area contributed by atoms with Gasteiger partial charge in [0.25, 0.3) is 5.91 Å². The zero-order valence-electron chi connectivity index (χ0n) is 31.9. The molecule has 2 aliphatic carbocycles. The summed E-state index contributed by atoms with van der Waals surface area (Å²) >= 11 is 0. The van der Waals surface area contributed by atoms with Gasteiger partial charge in [-0.2, -0.15) is 0 Å². The highest BCUT2D eigenvalue weighted by atomic mass is 16.6. The molecule has 4 amide bonds. The highest BCUT2D eigenvalue weighted by Crippen LogP contribution is 2.65. The molecule has 12 nitrogen and oxygen atoms in total. The molecule has 3 aliphatic rings. The third-order valence-electron chi connectivity index (χ3n) is 10.6. The minimum atomic E-state index is -1.22. The van der Waals surface area contributed by atoms with Crippen molar-refractivity contribution in [3.05, 3.63) is 48.6 Å². The molecule has 0 aromatic heterocycles. The lowest BCUT2D eigenvalue weighted by molar-refractivity contribution is -0.156. The molecule has 4 rings (SSSR count). The summed E-state index contributed by atoms with van der Waals surface area (Å²) in [4.78, 5) is 82.2. The van der Waals surface area contributed by atoms with Crippen molar-refractivity contribution in [2.24, 2.45) is 23.2 Å². The summed E-state index contributed by atoms with van der Waals surface area (Å²) < 4.78 is 11.1. The molecule has 1 aliphatic heterocycles. The zero-order chi connectivity index (χ0) is 38.4. The number of ketones is 1. The van der Waals surface area contributed by atoms with Crippen LogP contribution in [0.15, 0.2) is 43.0 Å². The molecular formula is C40H58N4O8. The summed E-state index contributed by atoms with van der Waals surface area (Å²) in [6.45, 7) is 16.4. The molecule has 286 valence electrons. The first-order valence-electron chi connectivity index (χ1n) is 18.6. The number of nitrogens with one attached hydrogen (secondary N) is 3. The lowest BCUT2D eigenvalue weighted by Gasteiger charge is -2.37. The maximum atomic E-state index is 14.4. The third kappa shape index (κ3) is 10.4. The van der Waals surface area contributed by atoms with Gasteiger partial charge in [-0.15, -0.1) is 6.58 Å². The summed E-state index contributed by atoms with van der Waals surface area (Å²) in [5.74, 6) is -3.75. The van der Waals surface area contributed by atoms with Crippen LogP contribution in [0.1, 0.15) is 99.0 Å². The first-order chi connectivity index (χ1) is 24.3. The van der Waals surface area contributed by atoms with Crippen LogP contribution in [0.4, 0.5) is 4.79 Å². The van der Waals surface area contributed by atoms with E-state index >= 15 is 0 Å². The SMILES string of the molecule is C=CCCC(NC(=O)[C@@H]1C2C(CN1C(=O)[C@@H](NC(=O)OC(C)(C)C)C1CCCCC1)C2(C)C)C(=O)C(=O)NCC(=O)OC(C)(C)Cc1ccccc1. The van der Waals surface area contributed by atoms with Gasteiger partial charge in [-0.3, -0.25) is 24.0 Å². The minimum Gasteiger partial charge on any atom is -0.458 e. The highest BCUT2D eigenvalue weighted by molar-refractivity contribution is 6.38. The third-order valence-corrected chi connectivity index (χ3v) is 10.6. The number of amides is 4. The van der Waals surface area contributed by atoms with Gasteiger partial charge >= 0.3 is 12.1 Å². The number of carbonyl (C=O) groups excluding carboxylic acids is 6. The van der Waals surface area contributed by atoms with Gasteiger partial charge in [-0.1, -0.05) is 69.5 Å². The fourth-order valence-corrected chi connectivity index (χ4v) is 7.95. The molecule has 3 unspecified atom stereocenters. The fourth-order valence-electron chi connectivity index (χ4n) is 7.95. The number of alkyl carbamates (subject to hydrolysis) is 1. The van der Waals surface area contributed by atoms with Gasteiger partial charge in [0.1, 0.15) is 29.8 Å². The van der Waals surface area contributed by atoms with Crippen molar-refractivity contribution in [3.63, 3.8) is 0 Å². The second kappa shape index (κ2) is 16.6. The van der Waals surface area contributed by atoms with E-state index in [2.05, 4.69) is 36.4 Å². The van der Waals surface area contributed by atoms with E-state index in [4.69, 9.17) is 9.47 Å². The lowest BCUT2D eigenvalue weighted by Crippen LogP contribution is -2.60. The standard InChI is InChI=1S/C40H58N4O8/c1-9-10-21-28(33(46)35(48)41-23-29(45)51-39(5,6)22-25-17-13-11-14-18-25)42-34(47)32-30-27(40(30,7)8)24-44(32)36(49)31(26-19-15-12-16-20-26)43-37(50)52-38(2,3)4/h9,11,13-14,17-18,26-28,30-32H,1,10,12,15-16,19-24H2,2-8H3,(H,41,48)(H,42,47)(H,43,50)/t27?,28?,30?,31-,32-/m0/s1. The van der Waals surface area contributed by atoms with Crippen molar-refractivity contribution in [2.75, 3.05) is 13.1 Å². The van der Waals surface area contributed by atoms with Crippen LogP contribution in [-0.2, 0) is 39.9 Å². The van der Waals surface area contributed by atoms with E-state index in [-0.39, 0.29) is 35.5 Å². The van der Waals surface area contributed by atoms with Gasteiger partial charge in [0.2, 0.25) is 17.6 Å². The van der Waals surface area contributed by atoms with Crippen molar-refractivity contribution in [3.8, 4) is 0 Å². The average Bonchev–Trinajstić information content (AvgIpc) is 3.37. The van der Waals surface area contributed by atoms with E-state index in [1.165, 1.54) is 0 Å². The molecule has 5 atom stereocenters. The van der Waals surface area contributed by atoms with E-state index < -0.39 is 65.5 Å². The topological polar surface area (TPSA) is 160 Å². The summed E-state index contributed by atoms with van der Waals surface area (Å²) in [5, 5.41) is 7.97. The molecule has 1 aromatic rings. The Bertz CT molecular complexity index is 1490. The summed E-state index contributed by atoms with van der Waals surface area (Å²) in [6.07, 6.45) is 6.23. The van der Waals surface area contributed by atoms with Crippen molar-refractivity contribution in [1.29, 1.82) is 0 Å². The fraction of sp³-hybridized carbons (Fsp3) is 0.650. The number of allylic oxidation sites excluding steroid dienone is 1. The molecule has 0 spiro atoms. The van der Waals surface area contributed by atoms with E-state index in [1.54, 1.807) is 45.6 Å². The van der Waals surface area contributed by atoms with E-state index in [1.807, 2.05) is 30.3 Å². The number of esters is 1. The van der Waals surface area contributed by atoms with Gasteiger partial charge in [-0.25, -0.2) is 4.79 Å². The number of likely N-dealkylation sites (tertiary alicyclic amines) is 1. The molecule has 3 N–H and O–H groups in total. The van der Waals surface area contributed by atoms with Crippen LogP contribution in [-0.4, -0.2) is 82.9 Å². The number of nitrogens with zero attached hydrogens (tertiary/aromatic N) is 1. The number of piperidine rings is 1. The predicted molar refractivity (Wildman–Crippen MR) is 196 cm³/mol. The Kier molecular flexibility index (Phi) is 13.0. The molecule has 1 aromatic carbocycles. The Balaban J connectivity index is 1.45. The number of ether oxygens (including phenoxy) is 2. The van der Waals surface area contributed by atoms with Crippen molar-refractivity contribution >= 4 is 35.6 Å². The first-order valence-corrected chi connectivity index (χ1v) is 18.6. The zero-order valence-corrected chi connectivity index (χ0v) is 31.9. The molecular weight excluding hydrogens is 664 g/mol. The molecule has 0 bridgehead atoms. The van der Waals surface area contributed by atoms with Crippen LogP contribution < -0.4 is 16.0 Å². The van der Waals surface area contributed by atoms with E-state index in [0.29, 0.717) is 19.4 Å². The van der Waals surface area contributed by atoms with Crippen LogP contribution >= 0.6 is 0 Å². The minimum absolute atomic E-state index is 0.0588. The Labute approximate surface area is 308 Å². The van der Waals surface area contributed by atoms with Crippen molar-refractivity contribution in [2.45, 2.75) is 129 Å². The molecule has 1 heterocycles. The van der Waals surface area contributed by atoms with Crippen LogP contribution in [0, 0.1) is 23.2 Å². The number of Topliss-reactive ketones (excluding diaryl/α,β-unsaturated/α-hetero) is 1. The Morgan fingerprint density at radius 2 is 1.62 bits per heavy atom. The average molecular weight is 723 g/mol. The van der Waals surface area contributed by atoms with E-state index in [0.717, 1.165) is 37.7 Å². The van der Waals surface area contributed by atoms with Crippen LogP contribution in [0.25, 0.3) is 0 Å². The quantitative estimate of drug-likeness (QED) is 0.134. The highest BCUT2D eigenvalue weighted by Gasteiger charge is 2.69. The number of carbonyl (C=O) groups is 6. The first kappa shape index (κ1) is 40.5. The summed E-state index contributed by atoms with van der Waals surface area (Å²) in [7, 11) is 0. The Morgan fingerprint density at radius 1 is 0.962 bits per heavy atom. The molecule has 3 fully saturated rings. The van der Waals surface area contributed by atoms with Crippen LogP contribution in [0.3, 0.4) is 0 Å². The molecule has 52 heavy (non-hydrogen) atoms. The van der Waals surface area contributed by atoms with Gasteiger partial charge in [0, 0.05) is 13.0 Å². The summed E-state index contributed by atoms with van der Waals surface area (Å²) in [5.41, 5.74) is -0.854. The maximum absolute atomic E-state index is 14.4. The van der Waals surface area contributed by atoms with Crippen LogP contribution in [0.2, 0.25) is 0 Å². The molecule has 12 heteroatoms. The number of fused-ring (bicyclic) bond motifs is 1. The van der Waals surface area contributed by atoms with Gasteiger partial charge in [0.15, 0.2) is 0 Å². The van der Waals surface area contributed by atoms with Crippen molar-refractivity contribution < 1.29 is 38.2 Å². The maximum Gasteiger partial charge on any atom is 0.408 e. The summed E-state index contributed by atoms with van der Waals surface area (Å²) in [6, 6.07) is 6.55. The Morgan fingerprint density at radius 3 is 2.23 bits per heavy atom. The van der Waals surface area contributed by atoms with Gasteiger partial charge in [0.05, 0.1) is 6.04 Å². The number of rotatable bonds is 15. The van der Waals surface area contributed by atoms with Gasteiger partial charge < -0.3 is 30.3 Å². The smallest absolute Gasteiger partial charge is 0.408 e. The Hall–Kier alpha value is -4.22. The van der Waals surface area contributed by atoms with Crippen LogP contribution in [0.5, 0.6) is 0 Å². The van der Waals surface area contributed by atoms with E-state index in [9.17, 15) is 28.8 Å². The number of benzene rings is 1. The molecule has 1 saturated heterocycles.